The van der Waals surface area contributed by atoms with Gasteiger partial charge in [-0.2, -0.15) is 9.97 Å². The number of benzene rings is 25. The summed E-state index contributed by atoms with van der Waals surface area (Å²) < 4.78 is 28.7. The molecule has 3 aromatic heterocycles. The summed E-state index contributed by atoms with van der Waals surface area (Å²) in [5, 5.41) is 23.1. The molecule has 150 heavy (non-hydrogen) atoms. The third kappa shape index (κ3) is 14.4. The first-order valence-corrected chi connectivity index (χ1v) is 50.6. The van der Waals surface area contributed by atoms with Gasteiger partial charge in [-0.3, -0.25) is 9.80 Å². The highest BCUT2D eigenvalue weighted by Gasteiger charge is 2.39. The minimum Gasteiger partial charge on any atom is -0.454 e. The molecule has 28 aromatic rings. The summed E-state index contributed by atoms with van der Waals surface area (Å²) in [6.07, 6.45) is 0. The lowest BCUT2D eigenvalue weighted by Gasteiger charge is -2.40. The number of hydrogen-bond donors (Lipinski definition) is 0. The van der Waals surface area contributed by atoms with Crippen molar-refractivity contribution in [3.63, 3.8) is 0 Å². The van der Waals surface area contributed by atoms with E-state index in [1.165, 1.54) is 48.7 Å². The van der Waals surface area contributed by atoms with Gasteiger partial charge in [0.05, 0.1) is 73.6 Å². The van der Waals surface area contributed by atoms with Crippen LogP contribution in [0.2, 0.25) is 0 Å². The third-order valence-electron chi connectivity index (χ3n) is 29.4. The monoisotopic (exact) mass is 1920 g/mol. The maximum atomic E-state index is 6.72. The third-order valence-corrected chi connectivity index (χ3v) is 29.4. The van der Waals surface area contributed by atoms with Gasteiger partial charge < -0.3 is 37.9 Å². The predicted octanol–water partition coefficient (Wildman–Crippen LogP) is 38.5. The second-order valence-corrected chi connectivity index (χ2v) is 37.9. The minimum absolute atomic E-state index is 0.564. The molecule has 0 saturated heterocycles. The molecule has 4 aliphatic rings. The fraction of sp³-hybridized carbons (Fsp3) is 0. The van der Waals surface area contributed by atoms with Crippen LogP contribution in [-0.4, -0.2) is 19.5 Å². The number of nitrogens with zero attached hydrogens (tertiary/aromatic N) is 9. The molecule has 13 nitrogen and oxygen atoms in total. The zero-order valence-corrected chi connectivity index (χ0v) is 80.9. The summed E-state index contributed by atoms with van der Waals surface area (Å²) in [5.41, 5.74) is 21.9. The van der Waals surface area contributed by atoms with Crippen molar-refractivity contribution in [2.24, 2.45) is 0 Å². The van der Waals surface area contributed by atoms with E-state index in [4.69, 9.17) is 33.6 Å². The molecular formula is C137H87N9O4. The van der Waals surface area contributed by atoms with Crippen LogP contribution in [-0.2, 0) is 0 Å². The fourth-order valence-electron chi connectivity index (χ4n) is 22.6. The van der Waals surface area contributed by atoms with Crippen LogP contribution in [0.3, 0.4) is 0 Å². The van der Waals surface area contributed by atoms with Gasteiger partial charge in [-0.25, -0.2) is 4.98 Å². The molecule has 704 valence electrons. The van der Waals surface area contributed by atoms with Crippen molar-refractivity contribution in [2.45, 2.75) is 0 Å². The number of rotatable bonds is 8. The van der Waals surface area contributed by atoms with Crippen LogP contribution < -0.4 is 38.7 Å². The van der Waals surface area contributed by atoms with Crippen molar-refractivity contribution in [3.05, 3.63) is 528 Å². The van der Waals surface area contributed by atoms with E-state index < -0.39 is 0 Å². The smallest absolute Gasteiger partial charge is 0.238 e. The first-order valence-electron chi connectivity index (χ1n) is 50.6. The van der Waals surface area contributed by atoms with Crippen molar-refractivity contribution < 1.29 is 18.6 Å². The maximum Gasteiger partial charge on any atom is 0.238 e. The summed E-state index contributed by atoms with van der Waals surface area (Å²) >= 11 is 0. The summed E-state index contributed by atoms with van der Waals surface area (Å²) in [6.45, 7) is 0. The standard InChI is InChI=1S/C41H27N5.C38H24N2O.C32H19NO2.C26H17NO/c1-4-16-30(17-5-1)39-42-40(31-18-6-2-7-19-31)44-41(43-39)46-36-27-25-28-14-10-12-22-33(28)37(36)45(32-20-8-3-9-21-32)35-26-24-29-15-11-13-23-34(29)38(35)46;1-2-12-27(13-3-1)39-33-17-9-8-16-31(33)32-24-28(20-22-34(32)39)40-35-21-18-26-11-5-7-15-30(26)38(35)41-36-23-19-25-10-4-6-14-29(25)37(36)40;1-3-10-22-20(8-1)17-19-29-30(22)33(27-18-16-21-9-2-4-11-23(21)31(27)35-29)26-14-7-13-25-24-12-5-6-15-28(24)34-32(25)26;1-2-10-20(11-3-1)27-23-16-14-19-9-5-7-13-22(19)26(23)28-24-17-15-18-8-4-6-12-21(18)25(24)27/h1-27H;1-24H;1-19H;1-17H. The molecule has 0 unspecified atom stereocenters. The molecule has 25 aromatic carbocycles. The number of anilines is 15. The van der Waals surface area contributed by atoms with Crippen LogP contribution in [0.4, 0.5) is 85.6 Å². The van der Waals surface area contributed by atoms with Gasteiger partial charge in [-0.1, -0.05) is 406 Å². The normalized spacial score (nSPS) is 12.5. The lowest BCUT2D eigenvalue weighted by atomic mass is 9.97. The molecule has 7 heterocycles. The highest BCUT2D eigenvalue weighted by atomic mass is 16.5. The lowest BCUT2D eigenvalue weighted by molar-refractivity contribution is 0.483. The van der Waals surface area contributed by atoms with E-state index in [0.717, 1.165) is 212 Å². The van der Waals surface area contributed by atoms with E-state index in [0.29, 0.717) is 17.6 Å². The van der Waals surface area contributed by atoms with Gasteiger partial charge in [0.15, 0.2) is 51.7 Å². The first-order chi connectivity index (χ1) is 74.4. The predicted molar refractivity (Wildman–Crippen MR) is 619 cm³/mol. The Hall–Kier alpha value is -20.4. The molecule has 32 rings (SSSR count). The van der Waals surface area contributed by atoms with E-state index in [1.54, 1.807) is 0 Å². The van der Waals surface area contributed by atoms with Crippen molar-refractivity contribution >= 4 is 215 Å². The Balaban J connectivity index is 0.0000000952. The molecule has 13 heteroatoms. The Labute approximate surface area is 862 Å². The Morgan fingerprint density at radius 1 is 0.173 bits per heavy atom. The number of hydrogen-bond acceptors (Lipinski definition) is 12. The number of para-hydroxylation sites is 6. The topological polar surface area (TPSA) is 101 Å². The van der Waals surface area contributed by atoms with Gasteiger partial charge in [-0.15, -0.1) is 0 Å². The van der Waals surface area contributed by atoms with Crippen LogP contribution >= 0.6 is 0 Å². The molecule has 0 aliphatic carbocycles. The zero-order valence-electron chi connectivity index (χ0n) is 80.9. The van der Waals surface area contributed by atoms with Crippen LogP contribution in [0.1, 0.15) is 0 Å². The Morgan fingerprint density at radius 2 is 0.487 bits per heavy atom. The van der Waals surface area contributed by atoms with Gasteiger partial charge in [0.2, 0.25) is 5.95 Å². The van der Waals surface area contributed by atoms with Crippen molar-refractivity contribution in [3.8, 4) is 63.0 Å². The first kappa shape index (κ1) is 86.3. The number of ether oxygens (including phenoxy) is 3. The van der Waals surface area contributed by atoms with Crippen LogP contribution in [0.5, 0.6) is 34.5 Å². The molecule has 0 atom stereocenters. The van der Waals surface area contributed by atoms with E-state index in [1.807, 2.05) is 72.8 Å². The fourth-order valence-corrected chi connectivity index (χ4v) is 22.6. The van der Waals surface area contributed by atoms with Gasteiger partial charge in [0, 0.05) is 98.5 Å². The van der Waals surface area contributed by atoms with Crippen LogP contribution in [0, 0.1) is 0 Å². The average Bonchev–Trinajstić information content (AvgIpc) is 0.939. The van der Waals surface area contributed by atoms with Crippen LogP contribution in [0.15, 0.2) is 532 Å². The van der Waals surface area contributed by atoms with Crippen molar-refractivity contribution in [1.82, 2.24) is 19.5 Å². The molecular weight excluding hydrogens is 1840 g/mol. The number of aromatic nitrogens is 4. The van der Waals surface area contributed by atoms with Crippen molar-refractivity contribution in [1.29, 1.82) is 0 Å². The zero-order chi connectivity index (χ0) is 98.8. The summed E-state index contributed by atoms with van der Waals surface area (Å²) in [7, 11) is 0. The molecule has 0 amide bonds. The average molecular weight is 1920 g/mol. The molecule has 0 radical (unpaired) electrons. The molecule has 0 spiro atoms. The lowest BCUT2D eigenvalue weighted by Crippen LogP contribution is -2.26. The van der Waals surface area contributed by atoms with Gasteiger partial charge >= 0.3 is 0 Å². The molecule has 0 saturated carbocycles. The molecule has 0 bridgehead atoms. The summed E-state index contributed by atoms with van der Waals surface area (Å²) in [5.74, 6) is 7.04. The molecule has 0 N–H and O–H groups in total. The van der Waals surface area contributed by atoms with E-state index >= 15 is 0 Å². The Morgan fingerprint density at radius 3 is 0.940 bits per heavy atom. The quantitative estimate of drug-likeness (QED) is 0.145. The van der Waals surface area contributed by atoms with Gasteiger partial charge in [0.1, 0.15) is 5.58 Å². The number of fused-ring (bicyclic) bond motifs is 30. The van der Waals surface area contributed by atoms with E-state index in [2.05, 4.69) is 484 Å². The highest BCUT2D eigenvalue weighted by molar-refractivity contribution is 6.20. The van der Waals surface area contributed by atoms with Gasteiger partial charge in [0.25, 0.3) is 0 Å². The Bertz CT molecular complexity index is 10200. The largest absolute Gasteiger partial charge is 0.454 e. The maximum absolute atomic E-state index is 6.72. The number of furan rings is 1. The summed E-state index contributed by atoms with van der Waals surface area (Å²) in [4.78, 5) is 27.1. The van der Waals surface area contributed by atoms with E-state index in [9.17, 15) is 0 Å². The second-order valence-electron chi connectivity index (χ2n) is 37.9. The molecule has 4 aliphatic heterocycles. The van der Waals surface area contributed by atoms with Crippen molar-refractivity contribution in [2.75, 3.05) is 24.5 Å². The van der Waals surface area contributed by atoms with Crippen LogP contribution in [0.25, 0.3) is 158 Å². The van der Waals surface area contributed by atoms with E-state index in [-0.39, 0.29) is 0 Å². The second kappa shape index (κ2) is 35.9. The minimum atomic E-state index is 0.564. The Kier molecular flexibility index (Phi) is 20.6. The highest BCUT2D eigenvalue weighted by Crippen LogP contribution is 2.63. The molecule has 0 fully saturated rings. The van der Waals surface area contributed by atoms with Gasteiger partial charge in [-0.05, 0) is 164 Å². The summed E-state index contributed by atoms with van der Waals surface area (Å²) in [6, 6.07) is 184. The SMILES string of the molecule is c1ccc(-c2nc(-c3ccccc3)nc(N3c4ccc5ccccc5c4N(c4ccccc4)c4ccc5ccccc5c43)n2)cc1.c1ccc(-n2c3ccccc3c3cc(N4c5ccc6ccccc6c5Oc5ccc6ccccc6c54)ccc32)cc1.c1ccc(N2c3ccc4ccccc4c3Oc3ccc4ccccc4c32)cc1.c1ccc2c3c(ccc2c1)N(c1cccc2c1oc1ccccc12)c1c(ccc2ccccc12)O3.